The minimum absolute atomic E-state index is 0.0320. The van der Waals surface area contributed by atoms with Crippen molar-refractivity contribution in [2.24, 2.45) is 0 Å². The van der Waals surface area contributed by atoms with Gasteiger partial charge in [-0.1, -0.05) is 0 Å². The van der Waals surface area contributed by atoms with Gasteiger partial charge < -0.3 is 14.4 Å². The quantitative estimate of drug-likeness (QED) is 0.667. The van der Waals surface area contributed by atoms with Gasteiger partial charge in [-0.3, -0.25) is 9.29 Å². The van der Waals surface area contributed by atoms with Crippen LogP contribution < -0.4 is 15.3 Å². The summed E-state index contributed by atoms with van der Waals surface area (Å²) in [5.41, 5.74) is -0.129. The predicted molar refractivity (Wildman–Crippen MR) is 91.3 cm³/mol. The summed E-state index contributed by atoms with van der Waals surface area (Å²) in [6.07, 6.45) is 2.20. The Bertz CT molecular complexity index is 1010. The highest BCUT2D eigenvalue weighted by Crippen LogP contribution is 2.48. The second kappa shape index (κ2) is 6.89. The molecule has 0 fully saturated rings. The molecule has 2 heterocycles. The fourth-order valence-electron chi connectivity index (χ4n) is 2.04. The minimum Gasteiger partial charge on any atom is -0.357 e. The highest BCUT2D eigenvalue weighted by Gasteiger charge is 2.35. The number of hydrogen-bond donors (Lipinski definition) is 2. The Labute approximate surface area is 144 Å². The molecule has 0 aliphatic heterocycles. The van der Waals surface area contributed by atoms with Crippen LogP contribution in [0, 0.1) is 11.3 Å². The molecule has 0 radical (unpaired) electrons. The lowest BCUT2D eigenvalue weighted by Crippen LogP contribution is -2.23. The van der Waals surface area contributed by atoms with Gasteiger partial charge in [-0.25, -0.2) is 18.4 Å². The van der Waals surface area contributed by atoms with Crippen molar-refractivity contribution in [3.63, 3.8) is 0 Å². The molecule has 0 aromatic carbocycles. The van der Waals surface area contributed by atoms with Gasteiger partial charge in [0.05, 0.1) is 17.2 Å². The monoisotopic (exact) mass is 386 g/mol. The standard InChI is InChI=1S/C12H15N6O5PS/c1-14-12-15-6-8-7(5-13)9(24(19,22-2)23-3)11(16-10(8)17-12)18-25(4,20)21/h6H,1-4H3,(H2,14,15,16,17,18). The second-order valence-corrected chi connectivity index (χ2v) is 8.63. The van der Waals surface area contributed by atoms with Crippen LogP contribution in [0.4, 0.5) is 11.8 Å². The molecule has 0 saturated heterocycles. The van der Waals surface area contributed by atoms with E-state index in [2.05, 4.69) is 25.0 Å². The zero-order valence-electron chi connectivity index (χ0n) is 13.8. The van der Waals surface area contributed by atoms with Gasteiger partial charge in [0.15, 0.2) is 11.5 Å². The Morgan fingerprint density at radius 1 is 1.28 bits per heavy atom. The first-order chi connectivity index (χ1) is 11.7. The number of nitrogens with zero attached hydrogens (tertiary/aromatic N) is 4. The molecule has 11 nitrogen and oxygen atoms in total. The molecule has 0 atom stereocenters. The van der Waals surface area contributed by atoms with Crippen LogP contribution in [0.25, 0.3) is 11.0 Å². The Hall–Kier alpha value is -2.32. The smallest absolute Gasteiger partial charge is 0.357 e. The van der Waals surface area contributed by atoms with Crippen molar-refractivity contribution in [1.82, 2.24) is 15.0 Å². The minimum atomic E-state index is -4.02. The number of fused-ring (bicyclic) bond motifs is 1. The third kappa shape index (κ3) is 3.69. The van der Waals surface area contributed by atoms with Crippen LogP contribution in [0.1, 0.15) is 5.56 Å². The molecule has 0 saturated carbocycles. The number of aromatic nitrogens is 3. The molecule has 0 bridgehead atoms. The first kappa shape index (κ1) is 19.0. The van der Waals surface area contributed by atoms with Crippen LogP contribution >= 0.6 is 7.60 Å². The molecular formula is C12H15N6O5PS. The zero-order valence-corrected chi connectivity index (χ0v) is 15.5. The molecule has 2 rings (SSSR count). The fraction of sp³-hybridized carbons (Fsp3) is 0.333. The number of pyridine rings is 1. The van der Waals surface area contributed by atoms with Crippen LogP contribution in [-0.2, 0) is 23.6 Å². The summed E-state index contributed by atoms with van der Waals surface area (Å²) in [6.45, 7) is 0. The van der Waals surface area contributed by atoms with E-state index in [-0.39, 0.29) is 33.7 Å². The van der Waals surface area contributed by atoms with Gasteiger partial charge in [0.2, 0.25) is 16.0 Å². The van der Waals surface area contributed by atoms with Crippen LogP contribution in [-0.4, -0.2) is 50.9 Å². The average Bonchev–Trinajstić information content (AvgIpc) is 2.57. The molecule has 13 heteroatoms. The largest absolute Gasteiger partial charge is 0.365 e. The normalized spacial score (nSPS) is 12.0. The zero-order chi connectivity index (χ0) is 18.8. The highest BCUT2D eigenvalue weighted by atomic mass is 32.2. The van der Waals surface area contributed by atoms with E-state index in [1.54, 1.807) is 7.05 Å². The second-order valence-electron chi connectivity index (χ2n) is 4.71. The van der Waals surface area contributed by atoms with Crippen molar-refractivity contribution in [2.45, 2.75) is 0 Å². The Balaban J connectivity index is 2.99. The van der Waals surface area contributed by atoms with Gasteiger partial charge >= 0.3 is 7.60 Å². The van der Waals surface area contributed by atoms with E-state index in [1.165, 1.54) is 6.20 Å². The van der Waals surface area contributed by atoms with Crippen molar-refractivity contribution < 1.29 is 22.0 Å². The van der Waals surface area contributed by atoms with Crippen molar-refractivity contribution in [3.05, 3.63) is 11.8 Å². The molecule has 134 valence electrons. The van der Waals surface area contributed by atoms with E-state index in [9.17, 15) is 18.2 Å². The van der Waals surface area contributed by atoms with Gasteiger partial charge in [0.1, 0.15) is 11.4 Å². The first-order valence-electron chi connectivity index (χ1n) is 6.67. The van der Waals surface area contributed by atoms with Crippen molar-refractivity contribution >= 4 is 45.7 Å². The fourth-order valence-corrected chi connectivity index (χ4v) is 3.94. The van der Waals surface area contributed by atoms with E-state index in [0.717, 1.165) is 20.5 Å². The third-order valence-electron chi connectivity index (χ3n) is 3.09. The molecule has 0 aliphatic rings. The number of sulfonamides is 1. The molecule has 2 N–H and O–H groups in total. The van der Waals surface area contributed by atoms with Gasteiger partial charge in [-0.2, -0.15) is 10.2 Å². The molecular weight excluding hydrogens is 371 g/mol. The summed E-state index contributed by atoms with van der Waals surface area (Å²) in [4.78, 5) is 12.1. The van der Waals surface area contributed by atoms with E-state index in [1.807, 2.05) is 6.07 Å². The lowest BCUT2D eigenvalue weighted by molar-refractivity contribution is 0.287. The number of nitriles is 1. The van der Waals surface area contributed by atoms with E-state index in [4.69, 9.17) is 9.05 Å². The summed E-state index contributed by atoms with van der Waals surface area (Å²) in [7, 11) is -4.01. The number of hydrogen-bond acceptors (Lipinski definition) is 10. The molecule has 25 heavy (non-hydrogen) atoms. The van der Waals surface area contributed by atoms with Gasteiger partial charge in [-0.05, 0) is 0 Å². The third-order valence-corrected chi connectivity index (χ3v) is 5.60. The van der Waals surface area contributed by atoms with Crippen molar-refractivity contribution in [2.75, 3.05) is 37.6 Å². The maximum atomic E-state index is 12.9. The van der Waals surface area contributed by atoms with Crippen LogP contribution in [0.15, 0.2) is 6.20 Å². The average molecular weight is 386 g/mol. The summed E-state index contributed by atoms with van der Waals surface area (Å²) < 4.78 is 48.2. The molecule has 0 amide bonds. The Morgan fingerprint density at radius 3 is 2.40 bits per heavy atom. The summed E-state index contributed by atoms with van der Waals surface area (Å²) in [5, 5.41) is 12.1. The number of rotatable bonds is 6. The van der Waals surface area contributed by atoms with E-state index in [0.29, 0.717) is 0 Å². The first-order valence-corrected chi connectivity index (χ1v) is 10.1. The van der Waals surface area contributed by atoms with Crippen LogP contribution in [0.5, 0.6) is 0 Å². The molecule has 2 aromatic heterocycles. The SMILES string of the molecule is CNc1ncc2c(C#N)c(P(=O)(OC)OC)c(NS(C)(=O)=O)nc2n1. The Morgan fingerprint density at radius 2 is 1.92 bits per heavy atom. The highest BCUT2D eigenvalue weighted by molar-refractivity contribution is 7.92. The predicted octanol–water partition coefficient (Wildman–Crippen LogP) is 0.421. The summed E-state index contributed by atoms with van der Waals surface area (Å²) >= 11 is 0. The van der Waals surface area contributed by atoms with E-state index < -0.39 is 17.6 Å². The van der Waals surface area contributed by atoms with Crippen LogP contribution in [0.3, 0.4) is 0 Å². The maximum absolute atomic E-state index is 12.9. The van der Waals surface area contributed by atoms with Gasteiger partial charge in [-0.15, -0.1) is 0 Å². The summed E-state index contributed by atoms with van der Waals surface area (Å²) in [6, 6.07) is 1.87. The topological polar surface area (TPSA) is 156 Å². The Kier molecular flexibility index (Phi) is 5.24. The molecule has 2 aromatic rings. The van der Waals surface area contributed by atoms with Crippen molar-refractivity contribution in [3.8, 4) is 6.07 Å². The maximum Gasteiger partial charge on any atom is 0.365 e. The summed E-state index contributed by atoms with van der Waals surface area (Å²) in [5.74, 6) is -0.150. The van der Waals surface area contributed by atoms with Crippen molar-refractivity contribution in [1.29, 1.82) is 5.26 Å². The van der Waals surface area contributed by atoms with Gasteiger partial charge in [0, 0.05) is 27.5 Å². The molecule has 0 spiro atoms. The van der Waals surface area contributed by atoms with Crippen LogP contribution in [0.2, 0.25) is 0 Å². The number of nitrogens with one attached hydrogen (secondary N) is 2. The van der Waals surface area contributed by atoms with E-state index >= 15 is 0 Å². The molecule has 0 aliphatic carbocycles. The molecule has 0 unspecified atom stereocenters. The van der Waals surface area contributed by atoms with Gasteiger partial charge in [0.25, 0.3) is 0 Å². The lowest BCUT2D eigenvalue weighted by Gasteiger charge is -2.19. The number of anilines is 2. The lowest BCUT2D eigenvalue weighted by atomic mass is 10.2.